The summed E-state index contributed by atoms with van der Waals surface area (Å²) >= 11 is 1.76. The van der Waals surface area contributed by atoms with Crippen LogP contribution in [0.2, 0.25) is 0 Å². The quantitative estimate of drug-likeness (QED) is 0.628. The molecule has 1 saturated carbocycles. The van der Waals surface area contributed by atoms with Gasteiger partial charge in [-0.3, -0.25) is 4.79 Å². The largest absolute Gasteiger partial charge is 0.361 e. The van der Waals surface area contributed by atoms with E-state index in [-0.39, 0.29) is 11.9 Å². The number of para-hydroxylation sites is 1. The second-order valence-electron chi connectivity index (χ2n) is 6.96. The minimum absolute atomic E-state index is 0.163. The highest BCUT2D eigenvalue weighted by Crippen LogP contribution is 2.37. The number of benzene rings is 1. The zero-order valence-electron chi connectivity index (χ0n) is 14.3. The molecule has 2 N–H and O–H groups in total. The van der Waals surface area contributed by atoms with Crippen LogP contribution in [-0.2, 0) is 11.2 Å². The molecule has 0 aliphatic heterocycles. The number of aromatic amines is 1. The summed E-state index contributed by atoms with van der Waals surface area (Å²) in [6.07, 6.45) is 8.38. The second-order valence-corrected chi connectivity index (χ2v) is 7.94. The number of aryl methyl sites for hydroxylation is 1. The third-order valence-electron chi connectivity index (χ3n) is 5.33. The first kappa shape index (κ1) is 16.4. The normalized spacial score (nSPS) is 16.3. The Kier molecular flexibility index (Phi) is 4.88. The minimum Gasteiger partial charge on any atom is -0.361 e. The van der Waals surface area contributed by atoms with Crippen LogP contribution in [-0.4, -0.2) is 10.9 Å². The SMILES string of the molecule is O=C(CCc1c[nH]c2ccccc12)NC(c1cccs1)C1CCCC1. The van der Waals surface area contributed by atoms with Crippen molar-refractivity contribution in [2.45, 2.75) is 44.6 Å². The van der Waals surface area contributed by atoms with Crippen molar-refractivity contribution in [3.8, 4) is 0 Å². The van der Waals surface area contributed by atoms with Gasteiger partial charge in [0, 0.05) is 28.4 Å². The van der Waals surface area contributed by atoms with E-state index in [1.165, 1.54) is 41.5 Å². The van der Waals surface area contributed by atoms with Crippen molar-refractivity contribution in [3.05, 3.63) is 58.4 Å². The van der Waals surface area contributed by atoms with Crippen LogP contribution in [0.5, 0.6) is 0 Å². The van der Waals surface area contributed by atoms with Crippen LogP contribution in [0.3, 0.4) is 0 Å². The Morgan fingerprint density at radius 3 is 2.84 bits per heavy atom. The molecular weight excluding hydrogens is 328 g/mol. The number of nitrogens with one attached hydrogen (secondary N) is 2. The fourth-order valence-corrected chi connectivity index (χ4v) is 4.88. The van der Waals surface area contributed by atoms with E-state index in [1.807, 2.05) is 18.3 Å². The van der Waals surface area contributed by atoms with Gasteiger partial charge in [0.15, 0.2) is 0 Å². The maximum Gasteiger partial charge on any atom is 0.220 e. The van der Waals surface area contributed by atoms with Crippen LogP contribution >= 0.6 is 11.3 Å². The molecule has 0 bridgehead atoms. The van der Waals surface area contributed by atoms with Gasteiger partial charge in [-0.15, -0.1) is 11.3 Å². The lowest BCUT2D eigenvalue weighted by atomic mass is 9.96. The summed E-state index contributed by atoms with van der Waals surface area (Å²) in [5.74, 6) is 0.756. The molecule has 1 amide bonds. The van der Waals surface area contributed by atoms with Gasteiger partial charge >= 0.3 is 0 Å². The summed E-state index contributed by atoms with van der Waals surface area (Å²) in [5.41, 5.74) is 2.36. The highest BCUT2D eigenvalue weighted by molar-refractivity contribution is 7.10. The van der Waals surface area contributed by atoms with E-state index in [0.717, 1.165) is 11.9 Å². The van der Waals surface area contributed by atoms with Gasteiger partial charge in [0.25, 0.3) is 0 Å². The summed E-state index contributed by atoms with van der Waals surface area (Å²) in [5, 5.41) is 6.66. The zero-order chi connectivity index (χ0) is 17.1. The molecule has 4 heteroatoms. The van der Waals surface area contributed by atoms with Gasteiger partial charge in [0.1, 0.15) is 0 Å². The van der Waals surface area contributed by atoms with Gasteiger partial charge in [0.2, 0.25) is 5.91 Å². The van der Waals surface area contributed by atoms with E-state index in [2.05, 4.69) is 39.9 Å². The van der Waals surface area contributed by atoms with Gasteiger partial charge in [-0.25, -0.2) is 0 Å². The Bertz CT molecular complexity index is 831. The molecule has 1 aliphatic rings. The second kappa shape index (κ2) is 7.44. The Labute approximate surface area is 152 Å². The maximum absolute atomic E-state index is 12.6. The summed E-state index contributed by atoms with van der Waals surface area (Å²) in [7, 11) is 0. The van der Waals surface area contributed by atoms with Crippen molar-refractivity contribution < 1.29 is 4.79 Å². The molecule has 1 aliphatic carbocycles. The first-order valence-electron chi connectivity index (χ1n) is 9.19. The maximum atomic E-state index is 12.6. The average Bonchev–Trinajstić information content (AvgIpc) is 3.40. The van der Waals surface area contributed by atoms with Crippen molar-refractivity contribution in [1.29, 1.82) is 0 Å². The lowest BCUT2D eigenvalue weighted by Crippen LogP contribution is -2.32. The summed E-state index contributed by atoms with van der Waals surface area (Å²) in [6.45, 7) is 0. The number of fused-ring (bicyclic) bond motifs is 1. The molecule has 0 spiro atoms. The molecule has 1 fully saturated rings. The number of H-pyrrole nitrogens is 1. The molecule has 0 radical (unpaired) electrons. The van der Waals surface area contributed by atoms with E-state index < -0.39 is 0 Å². The third kappa shape index (κ3) is 3.64. The van der Waals surface area contributed by atoms with E-state index in [1.54, 1.807) is 11.3 Å². The average molecular weight is 353 g/mol. The smallest absolute Gasteiger partial charge is 0.220 e. The van der Waals surface area contributed by atoms with Crippen LogP contribution in [0, 0.1) is 5.92 Å². The first-order valence-corrected chi connectivity index (χ1v) is 10.1. The highest BCUT2D eigenvalue weighted by atomic mass is 32.1. The number of carbonyl (C=O) groups is 1. The van der Waals surface area contributed by atoms with Crippen LogP contribution < -0.4 is 5.32 Å². The Hall–Kier alpha value is -2.07. The molecule has 3 nitrogen and oxygen atoms in total. The fraction of sp³-hybridized carbons (Fsp3) is 0.381. The van der Waals surface area contributed by atoms with Crippen LogP contribution in [0.1, 0.15) is 48.6 Å². The van der Waals surface area contributed by atoms with Gasteiger partial charge in [-0.2, -0.15) is 0 Å². The van der Waals surface area contributed by atoms with Gasteiger partial charge in [0.05, 0.1) is 6.04 Å². The van der Waals surface area contributed by atoms with E-state index in [9.17, 15) is 4.79 Å². The van der Waals surface area contributed by atoms with Crippen molar-refractivity contribution in [2.75, 3.05) is 0 Å². The zero-order valence-corrected chi connectivity index (χ0v) is 15.1. The summed E-state index contributed by atoms with van der Waals surface area (Å²) in [6, 6.07) is 12.7. The lowest BCUT2D eigenvalue weighted by Gasteiger charge is -2.23. The number of aromatic nitrogens is 1. The predicted molar refractivity (Wildman–Crippen MR) is 104 cm³/mol. The number of hydrogen-bond acceptors (Lipinski definition) is 2. The van der Waals surface area contributed by atoms with Gasteiger partial charge < -0.3 is 10.3 Å². The van der Waals surface area contributed by atoms with Crippen LogP contribution in [0.25, 0.3) is 10.9 Å². The summed E-state index contributed by atoms with van der Waals surface area (Å²) in [4.78, 5) is 17.2. The van der Waals surface area contributed by atoms with Crippen molar-refractivity contribution in [3.63, 3.8) is 0 Å². The summed E-state index contributed by atoms with van der Waals surface area (Å²) < 4.78 is 0. The van der Waals surface area contributed by atoms with Gasteiger partial charge in [-0.05, 0) is 48.3 Å². The van der Waals surface area contributed by atoms with E-state index in [4.69, 9.17) is 0 Å². The topological polar surface area (TPSA) is 44.9 Å². The number of amides is 1. The lowest BCUT2D eigenvalue weighted by molar-refractivity contribution is -0.122. The number of carbonyl (C=O) groups excluding carboxylic acids is 1. The predicted octanol–water partition coefficient (Wildman–Crippen LogP) is 5.21. The molecule has 2 aromatic heterocycles. The third-order valence-corrected chi connectivity index (χ3v) is 6.29. The Morgan fingerprint density at radius 2 is 2.04 bits per heavy atom. The Morgan fingerprint density at radius 1 is 1.20 bits per heavy atom. The molecule has 1 atom stereocenters. The van der Waals surface area contributed by atoms with Crippen LogP contribution in [0.4, 0.5) is 0 Å². The van der Waals surface area contributed by atoms with Gasteiger partial charge in [-0.1, -0.05) is 37.1 Å². The van der Waals surface area contributed by atoms with Crippen molar-refractivity contribution in [2.24, 2.45) is 5.92 Å². The molecule has 4 rings (SSSR count). The number of rotatable bonds is 6. The molecule has 1 unspecified atom stereocenters. The number of hydrogen-bond donors (Lipinski definition) is 2. The Balaban J connectivity index is 1.41. The van der Waals surface area contributed by atoms with E-state index in [0.29, 0.717) is 12.3 Å². The highest BCUT2D eigenvalue weighted by Gasteiger charge is 2.28. The monoisotopic (exact) mass is 352 g/mol. The molecule has 130 valence electrons. The fourth-order valence-electron chi connectivity index (χ4n) is 4.01. The molecule has 3 aromatic rings. The molecule has 0 saturated heterocycles. The molecule has 2 heterocycles. The molecule has 25 heavy (non-hydrogen) atoms. The van der Waals surface area contributed by atoms with Crippen molar-refractivity contribution in [1.82, 2.24) is 10.3 Å². The minimum atomic E-state index is 0.163. The molecular formula is C21H24N2OS. The van der Waals surface area contributed by atoms with Crippen LogP contribution in [0.15, 0.2) is 48.0 Å². The van der Waals surface area contributed by atoms with Crippen molar-refractivity contribution >= 4 is 28.1 Å². The van der Waals surface area contributed by atoms with E-state index >= 15 is 0 Å². The number of thiophene rings is 1. The standard InChI is InChI=1S/C21H24N2OS/c24-20(12-11-16-14-22-18-9-4-3-8-17(16)18)23-21(15-6-1-2-7-15)19-10-5-13-25-19/h3-5,8-10,13-15,21-22H,1-2,6-7,11-12H2,(H,23,24). The first-order chi connectivity index (χ1) is 12.3. The molecule has 1 aromatic carbocycles.